The Morgan fingerprint density at radius 3 is 2.75 bits per heavy atom. The fourth-order valence-electron chi connectivity index (χ4n) is 0.869. The Morgan fingerprint density at radius 2 is 2.33 bits per heavy atom. The highest BCUT2D eigenvalue weighted by Gasteiger charge is 2.15. The van der Waals surface area contributed by atoms with Crippen LogP contribution in [0.4, 0.5) is 8.78 Å². The molecule has 0 spiro atoms. The zero-order chi connectivity index (χ0) is 9.14. The minimum atomic E-state index is -2.84. The maximum Gasteiger partial charge on any atom is 0.296 e. The van der Waals surface area contributed by atoms with E-state index in [9.17, 15) is 13.6 Å². The van der Waals surface area contributed by atoms with Gasteiger partial charge in [-0.2, -0.15) is 0 Å². The molecule has 0 amide bonds. The van der Waals surface area contributed by atoms with Crippen molar-refractivity contribution in [2.45, 2.75) is 19.8 Å². The second-order valence-corrected chi connectivity index (χ2v) is 3.62. The molecule has 0 saturated carbocycles. The first kappa shape index (κ1) is 9.32. The van der Waals surface area contributed by atoms with Crippen LogP contribution in [0.5, 0.6) is 0 Å². The van der Waals surface area contributed by atoms with Gasteiger partial charge in [0.15, 0.2) is 0 Å². The smallest absolute Gasteiger partial charge is 0.293 e. The molecule has 0 aliphatic rings. The van der Waals surface area contributed by atoms with Gasteiger partial charge in [0, 0.05) is 11.3 Å². The summed E-state index contributed by atoms with van der Waals surface area (Å²) in [5.74, 6) is -1.01. The number of ketones is 1. The summed E-state index contributed by atoms with van der Waals surface area (Å²) in [4.78, 5) is 11.6. The van der Waals surface area contributed by atoms with Gasteiger partial charge in [0.25, 0.3) is 6.43 Å². The summed E-state index contributed by atoms with van der Waals surface area (Å²) in [6, 6.07) is 1.75. The van der Waals surface area contributed by atoms with Gasteiger partial charge in [-0.1, -0.05) is 0 Å². The molecule has 0 radical (unpaired) electrons. The normalized spacial score (nSPS) is 10.7. The summed E-state index contributed by atoms with van der Waals surface area (Å²) in [6.07, 6.45) is -2.99. The molecule has 1 aromatic rings. The van der Waals surface area contributed by atoms with E-state index >= 15 is 0 Å². The summed E-state index contributed by atoms with van der Waals surface area (Å²) >= 11 is 1.46. The first-order valence-electron chi connectivity index (χ1n) is 3.44. The van der Waals surface area contributed by atoms with Crippen molar-refractivity contribution in [3.05, 3.63) is 21.9 Å². The largest absolute Gasteiger partial charge is 0.296 e. The average Bonchev–Trinajstić information content (AvgIpc) is 2.35. The first-order chi connectivity index (χ1) is 5.59. The lowest BCUT2D eigenvalue weighted by Gasteiger charge is -1.94. The van der Waals surface area contributed by atoms with Crippen LogP contribution >= 0.6 is 11.3 Å². The van der Waals surface area contributed by atoms with Gasteiger partial charge in [-0.15, -0.1) is 11.3 Å². The quantitative estimate of drug-likeness (QED) is 0.715. The highest BCUT2D eigenvalue weighted by Crippen LogP contribution is 2.14. The van der Waals surface area contributed by atoms with Crippen LogP contribution in [0.3, 0.4) is 0 Å². The summed E-state index contributed by atoms with van der Waals surface area (Å²) in [5.41, 5.74) is 0.683. The predicted octanol–water partition coefficient (Wildman–Crippen LogP) is 2.43. The fraction of sp³-hybridized carbons (Fsp3) is 0.375. The molecular weight excluding hydrogens is 182 g/mol. The van der Waals surface area contributed by atoms with Crippen LogP contribution in [0.2, 0.25) is 0 Å². The third-order valence-electron chi connectivity index (χ3n) is 1.41. The topological polar surface area (TPSA) is 17.1 Å². The predicted molar refractivity (Wildman–Crippen MR) is 43.8 cm³/mol. The molecule has 66 valence electrons. The van der Waals surface area contributed by atoms with Crippen LogP contribution in [0.15, 0.2) is 11.4 Å². The number of rotatable bonds is 3. The van der Waals surface area contributed by atoms with Crippen molar-refractivity contribution in [3.8, 4) is 0 Å². The average molecular weight is 190 g/mol. The minimum Gasteiger partial charge on any atom is -0.293 e. The van der Waals surface area contributed by atoms with E-state index in [1.807, 2.05) is 6.92 Å². The number of carbonyl (C=O) groups is 1. The minimum absolute atomic E-state index is 0.151. The van der Waals surface area contributed by atoms with Crippen molar-refractivity contribution >= 4 is 17.1 Å². The number of alkyl halides is 2. The number of hydrogen-bond donors (Lipinski definition) is 0. The molecule has 0 atom stereocenters. The lowest BCUT2D eigenvalue weighted by atomic mass is 10.2. The number of thiophene rings is 1. The molecule has 1 aromatic heterocycles. The highest BCUT2D eigenvalue weighted by atomic mass is 32.1. The first-order valence-corrected chi connectivity index (χ1v) is 4.32. The molecule has 0 aliphatic carbocycles. The van der Waals surface area contributed by atoms with Crippen molar-refractivity contribution in [3.63, 3.8) is 0 Å². The molecule has 0 aromatic carbocycles. The van der Waals surface area contributed by atoms with E-state index in [1.54, 1.807) is 11.4 Å². The van der Waals surface area contributed by atoms with Crippen LogP contribution in [-0.4, -0.2) is 12.2 Å². The molecule has 0 saturated heterocycles. The molecule has 0 bridgehead atoms. The monoisotopic (exact) mass is 190 g/mol. The number of hydrogen-bond acceptors (Lipinski definition) is 2. The van der Waals surface area contributed by atoms with Crippen molar-refractivity contribution < 1.29 is 13.6 Å². The maximum atomic E-state index is 11.8. The second-order valence-electron chi connectivity index (χ2n) is 2.51. The third kappa shape index (κ3) is 2.37. The Bertz CT molecular complexity index is 280. The van der Waals surface area contributed by atoms with Gasteiger partial charge in [0.05, 0.1) is 0 Å². The van der Waals surface area contributed by atoms with Gasteiger partial charge in [0.1, 0.15) is 0 Å². The van der Waals surface area contributed by atoms with Gasteiger partial charge < -0.3 is 0 Å². The molecular formula is C8H8F2OS. The van der Waals surface area contributed by atoms with Crippen LogP contribution in [0, 0.1) is 6.92 Å². The van der Waals surface area contributed by atoms with E-state index in [0.717, 1.165) is 4.88 Å². The van der Waals surface area contributed by atoms with E-state index < -0.39 is 12.2 Å². The molecule has 0 aliphatic heterocycles. The van der Waals surface area contributed by atoms with Gasteiger partial charge in [-0.25, -0.2) is 8.78 Å². The van der Waals surface area contributed by atoms with Gasteiger partial charge in [-0.05, 0) is 23.9 Å². The lowest BCUT2D eigenvalue weighted by Crippen LogP contribution is -2.12. The second kappa shape index (κ2) is 3.76. The standard InChI is InChI=1S/C8H8F2OS/c1-5-2-6(4-12-5)3-7(11)8(9)10/h2,4,8H,3H2,1H3. The molecule has 0 N–H and O–H groups in total. The Balaban J connectivity index is 2.58. The molecule has 1 rings (SSSR count). The summed E-state index contributed by atoms with van der Waals surface area (Å²) in [7, 11) is 0. The zero-order valence-electron chi connectivity index (χ0n) is 6.51. The van der Waals surface area contributed by atoms with E-state index in [0.29, 0.717) is 5.56 Å². The van der Waals surface area contributed by atoms with E-state index in [4.69, 9.17) is 0 Å². The van der Waals surface area contributed by atoms with Crippen molar-refractivity contribution in [2.24, 2.45) is 0 Å². The van der Waals surface area contributed by atoms with Crippen LogP contribution < -0.4 is 0 Å². The highest BCUT2D eigenvalue weighted by molar-refractivity contribution is 7.10. The fourth-order valence-corrected chi connectivity index (χ4v) is 1.58. The third-order valence-corrected chi connectivity index (χ3v) is 2.32. The van der Waals surface area contributed by atoms with Crippen LogP contribution in [-0.2, 0) is 11.2 Å². The molecule has 1 heterocycles. The number of aryl methyl sites for hydroxylation is 1. The molecule has 4 heteroatoms. The van der Waals surface area contributed by atoms with Gasteiger partial charge in [-0.3, -0.25) is 4.79 Å². The van der Waals surface area contributed by atoms with Crippen molar-refractivity contribution in [2.75, 3.05) is 0 Å². The Hall–Kier alpha value is -0.770. The van der Waals surface area contributed by atoms with E-state index in [1.165, 1.54) is 11.3 Å². The molecule has 0 unspecified atom stereocenters. The maximum absolute atomic E-state index is 11.8. The number of carbonyl (C=O) groups excluding carboxylic acids is 1. The van der Waals surface area contributed by atoms with Gasteiger partial charge >= 0.3 is 0 Å². The SMILES string of the molecule is Cc1cc(CC(=O)C(F)F)cs1. The molecule has 0 fully saturated rings. The Morgan fingerprint density at radius 1 is 1.67 bits per heavy atom. The number of Topliss-reactive ketones (excluding diaryl/α,β-unsaturated/α-hetero) is 1. The summed E-state index contributed by atoms with van der Waals surface area (Å²) < 4.78 is 23.5. The van der Waals surface area contributed by atoms with E-state index in [2.05, 4.69) is 0 Å². The number of halogens is 2. The van der Waals surface area contributed by atoms with Gasteiger partial charge in [0.2, 0.25) is 5.78 Å². The molecule has 1 nitrogen and oxygen atoms in total. The summed E-state index contributed by atoms with van der Waals surface area (Å²) in [6.45, 7) is 1.88. The van der Waals surface area contributed by atoms with Crippen molar-refractivity contribution in [1.29, 1.82) is 0 Å². The van der Waals surface area contributed by atoms with Crippen molar-refractivity contribution in [1.82, 2.24) is 0 Å². The van der Waals surface area contributed by atoms with E-state index in [-0.39, 0.29) is 6.42 Å². The zero-order valence-corrected chi connectivity index (χ0v) is 7.33. The van der Waals surface area contributed by atoms with Crippen LogP contribution in [0.1, 0.15) is 10.4 Å². The van der Waals surface area contributed by atoms with Crippen LogP contribution in [0.25, 0.3) is 0 Å². The Kier molecular flexibility index (Phi) is 2.92. The lowest BCUT2D eigenvalue weighted by molar-refractivity contribution is -0.128. The summed E-state index contributed by atoms with van der Waals surface area (Å²) in [5, 5.41) is 1.73. The Labute approximate surface area is 73.0 Å². The molecule has 12 heavy (non-hydrogen) atoms.